The zero-order chi connectivity index (χ0) is 34.4. The maximum Gasteiger partial charge on any atom is 0.419 e. The van der Waals surface area contributed by atoms with Crippen LogP contribution in [0.5, 0.6) is 5.75 Å². The number of rotatable bonds is 6. The molecule has 1 saturated heterocycles. The average molecular weight is 688 g/mol. The van der Waals surface area contributed by atoms with E-state index in [4.69, 9.17) is 4.74 Å². The molecule has 1 aromatic heterocycles. The second-order valence-corrected chi connectivity index (χ2v) is 11.4. The molecule has 4 aromatic rings. The van der Waals surface area contributed by atoms with Gasteiger partial charge in [0.25, 0.3) is 17.7 Å². The second kappa shape index (κ2) is 12.4. The van der Waals surface area contributed by atoms with E-state index in [1.54, 1.807) is 0 Å². The van der Waals surface area contributed by atoms with Crippen molar-refractivity contribution in [1.82, 2.24) is 4.90 Å². The molecule has 1 fully saturated rings. The zero-order valence-electron chi connectivity index (χ0n) is 23.8. The molecule has 0 unspecified atom stereocenters. The lowest BCUT2D eigenvalue weighted by atomic mass is 10.1. The quantitative estimate of drug-likeness (QED) is 0.191. The lowest BCUT2D eigenvalue weighted by Gasteiger charge is -2.18. The lowest BCUT2D eigenvalue weighted by Crippen LogP contribution is -2.30. The van der Waals surface area contributed by atoms with E-state index in [0.29, 0.717) is 35.6 Å². The van der Waals surface area contributed by atoms with Gasteiger partial charge in [-0.2, -0.15) is 26.3 Å². The standard InChI is InChI=1S/C30H21F8N3O5S/c1-46-22-11-21(32)17(28(45)41-7-6-15(42)12-41)10-18(22)26(43)40-24-16-4-2-13(29(33,34)35)8-23(16)47-25(24)27(44)39-14-3-5-20(31)19(9-14)30(36,37)38/h2-5,8-11,15,42H,6-7,12H2,1H3,(H,39,44)(H,40,43)/t15-/m1/s1. The summed E-state index contributed by atoms with van der Waals surface area (Å²) in [5.74, 6) is -6.11. The third-order valence-electron chi connectivity index (χ3n) is 7.21. The van der Waals surface area contributed by atoms with E-state index in [2.05, 4.69) is 10.6 Å². The Kier molecular flexibility index (Phi) is 8.89. The van der Waals surface area contributed by atoms with Gasteiger partial charge in [0, 0.05) is 34.9 Å². The maximum atomic E-state index is 14.9. The molecule has 248 valence electrons. The Morgan fingerprint density at radius 2 is 1.62 bits per heavy atom. The molecule has 0 bridgehead atoms. The van der Waals surface area contributed by atoms with Crippen LogP contribution in [0.4, 0.5) is 46.5 Å². The van der Waals surface area contributed by atoms with Crippen LogP contribution < -0.4 is 15.4 Å². The van der Waals surface area contributed by atoms with Gasteiger partial charge in [-0.15, -0.1) is 11.3 Å². The van der Waals surface area contributed by atoms with Crippen molar-refractivity contribution in [1.29, 1.82) is 0 Å². The Labute approximate surface area is 263 Å². The Morgan fingerprint density at radius 1 is 0.894 bits per heavy atom. The van der Waals surface area contributed by atoms with E-state index in [1.165, 1.54) is 4.90 Å². The first-order chi connectivity index (χ1) is 22.0. The Morgan fingerprint density at radius 3 is 2.23 bits per heavy atom. The van der Waals surface area contributed by atoms with Crippen molar-refractivity contribution in [2.24, 2.45) is 0 Å². The van der Waals surface area contributed by atoms with Crippen LogP contribution in [0.1, 0.15) is 47.9 Å². The molecule has 0 radical (unpaired) electrons. The number of β-amino-alcohol motifs (C(OH)–C–C–N with tert-alkyl or cyclic N) is 1. The molecule has 2 heterocycles. The van der Waals surface area contributed by atoms with Crippen LogP contribution in [0.15, 0.2) is 48.5 Å². The molecule has 1 atom stereocenters. The van der Waals surface area contributed by atoms with Gasteiger partial charge in [0.05, 0.1) is 41.2 Å². The number of thiophene rings is 1. The van der Waals surface area contributed by atoms with Crippen molar-refractivity contribution in [2.45, 2.75) is 24.9 Å². The van der Waals surface area contributed by atoms with Crippen LogP contribution >= 0.6 is 11.3 Å². The third-order valence-corrected chi connectivity index (χ3v) is 8.36. The first kappa shape index (κ1) is 33.6. The van der Waals surface area contributed by atoms with Gasteiger partial charge in [0.2, 0.25) is 0 Å². The lowest BCUT2D eigenvalue weighted by molar-refractivity contribution is -0.140. The summed E-state index contributed by atoms with van der Waals surface area (Å²) in [4.78, 5) is 40.6. The van der Waals surface area contributed by atoms with Gasteiger partial charge < -0.3 is 25.4 Å². The fraction of sp³-hybridized carbons (Fsp3) is 0.233. The van der Waals surface area contributed by atoms with Gasteiger partial charge >= 0.3 is 12.4 Å². The van der Waals surface area contributed by atoms with Crippen molar-refractivity contribution in [2.75, 3.05) is 30.8 Å². The van der Waals surface area contributed by atoms with Gasteiger partial charge in [-0.25, -0.2) is 8.78 Å². The number of hydrogen-bond acceptors (Lipinski definition) is 6. The monoisotopic (exact) mass is 687 g/mol. The number of fused-ring (bicyclic) bond motifs is 1. The summed E-state index contributed by atoms with van der Waals surface area (Å²) in [5, 5.41) is 14.2. The van der Waals surface area contributed by atoms with Gasteiger partial charge in [-0.05, 0) is 42.8 Å². The van der Waals surface area contributed by atoms with Crippen LogP contribution in [0.2, 0.25) is 0 Å². The number of nitrogens with zero attached hydrogens (tertiary/aromatic N) is 1. The first-order valence-corrected chi connectivity index (χ1v) is 14.3. The number of carbonyl (C=O) groups is 3. The van der Waals surface area contributed by atoms with Gasteiger partial charge in [0.1, 0.15) is 22.3 Å². The normalized spacial score (nSPS) is 15.2. The predicted octanol–water partition coefficient (Wildman–Crippen LogP) is 6.94. The Hall–Kier alpha value is -4.77. The number of hydrogen-bond donors (Lipinski definition) is 3. The van der Waals surface area contributed by atoms with E-state index in [0.717, 1.165) is 31.4 Å². The number of ether oxygens (including phenoxy) is 1. The third kappa shape index (κ3) is 6.85. The molecule has 3 aromatic carbocycles. The number of anilines is 2. The number of aliphatic hydroxyl groups excluding tert-OH is 1. The minimum absolute atomic E-state index is 0.0694. The van der Waals surface area contributed by atoms with Crippen LogP contribution in [0.3, 0.4) is 0 Å². The van der Waals surface area contributed by atoms with E-state index < -0.39 is 80.6 Å². The van der Waals surface area contributed by atoms with E-state index in [1.807, 2.05) is 0 Å². The summed E-state index contributed by atoms with van der Waals surface area (Å²) in [5.41, 5.74) is -4.62. The molecule has 17 heteroatoms. The highest BCUT2D eigenvalue weighted by molar-refractivity contribution is 7.21. The number of benzene rings is 3. The van der Waals surface area contributed by atoms with Crippen molar-refractivity contribution in [3.05, 3.63) is 87.3 Å². The van der Waals surface area contributed by atoms with Crippen LogP contribution in [0.25, 0.3) is 10.1 Å². The highest BCUT2D eigenvalue weighted by Gasteiger charge is 2.35. The van der Waals surface area contributed by atoms with Crippen LogP contribution in [-0.2, 0) is 12.4 Å². The van der Waals surface area contributed by atoms with Crippen molar-refractivity contribution in [3.8, 4) is 5.75 Å². The van der Waals surface area contributed by atoms with Gasteiger partial charge in [0.15, 0.2) is 0 Å². The number of nitrogens with one attached hydrogen (secondary N) is 2. The smallest absolute Gasteiger partial charge is 0.419 e. The summed E-state index contributed by atoms with van der Waals surface area (Å²) >= 11 is 0.470. The Balaban J connectivity index is 1.56. The number of aliphatic hydroxyl groups is 1. The molecule has 3 N–H and O–H groups in total. The summed E-state index contributed by atoms with van der Waals surface area (Å²) in [6.45, 7) is 0.0361. The molecule has 1 aliphatic rings. The fourth-order valence-corrected chi connectivity index (χ4v) is 6.00. The van der Waals surface area contributed by atoms with Gasteiger partial charge in [-0.1, -0.05) is 6.07 Å². The second-order valence-electron chi connectivity index (χ2n) is 10.3. The van der Waals surface area contributed by atoms with Crippen LogP contribution in [-0.4, -0.2) is 54.0 Å². The number of likely N-dealkylation sites (tertiary alicyclic amines) is 1. The predicted molar refractivity (Wildman–Crippen MR) is 154 cm³/mol. The van der Waals surface area contributed by atoms with Crippen molar-refractivity contribution < 1.29 is 59.4 Å². The molecule has 1 aliphatic heterocycles. The average Bonchev–Trinajstić information content (AvgIpc) is 3.59. The molecule has 8 nitrogen and oxygen atoms in total. The highest BCUT2D eigenvalue weighted by atomic mass is 32.1. The maximum absolute atomic E-state index is 14.9. The van der Waals surface area contributed by atoms with E-state index in [9.17, 15) is 54.6 Å². The SMILES string of the molecule is COc1cc(F)c(C(=O)N2CC[C@@H](O)C2)cc1C(=O)Nc1c(C(=O)Nc2ccc(F)c(C(F)(F)F)c2)sc2cc(C(F)(F)F)ccc12. The molecule has 5 rings (SSSR count). The molecule has 0 spiro atoms. The number of alkyl halides is 6. The molecular formula is C30H21F8N3O5S. The zero-order valence-corrected chi connectivity index (χ0v) is 24.6. The van der Waals surface area contributed by atoms with Crippen molar-refractivity contribution >= 4 is 50.5 Å². The molecular weight excluding hydrogens is 666 g/mol. The largest absolute Gasteiger partial charge is 0.496 e. The fourth-order valence-electron chi connectivity index (χ4n) is 4.91. The first-order valence-electron chi connectivity index (χ1n) is 13.5. The minimum atomic E-state index is -5.11. The molecule has 0 aliphatic carbocycles. The molecule has 3 amide bonds. The number of halogens is 8. The van der Waals surface area contributed by atoms with Crippen molar-refractivity contribution in [3.63, 3.8) is 0 Å². The topological polar surface area (TPSA) is 108 Å². The summed E-state index contributed by atoms with van der Waals surface area (Å²) in [7, 11) is 1.10. The number of methoxy groups -OCH3 is 1. The summed E-state index contributed by atoms with van der Waals surface area (Å²) in [6.07, 6.45) is -10.5. The minimum Gasteiger partial charge on any atom is -0.496 e. The molecule has 0 saturated carbocycles. The summed E-state index contributed by atoms with van der Waals surface area (Å²) in [6, 6.07) is 5.60. The number of carbonyl (C=O) groups excluding carboxylic acids is 3. The summed E-state index contributed by atoms with van der Waals surface area (Å²) < 4.78 is 114. The number of amides is 3. The van der Waals surface area contributed by atoms with E-state index >= 15 is 0 Å². The van der Waals surface area contributed by atoms with Gasteiger partial charge in [-0.3, -0.25) is 14.4 Å². The van der Waals surface area contributed by atoms with E-state index in [-0.39, 0.29) is 41.0 Å². The van der Waals surface area contributed by atoms with Crippen LogP contribution in [0, 0.1) is 11.6 Å². The molecule has 47 heavy (non-hydrogen) atoms. The highest BCUT2D eigenvalue weighted by Crippen LogP contribution is 2.41. The Bertz CT molecular complexity index is 1910.